The van der Waals surface area contributed by atoms with Gasteiger partial charge in [0.25, 0.3) is 0 Å². The average molecular weight is 275 g/mol. The second kappa shape index (κ2) is 3.40. The predicted molar refractivity (Wildman–Crippen MR) is 54.0 cm³/mol. The molecule has 2 amide bonds. The van der Waals surface area contributed by atoms with Crippen LogP contribution >= 0.6 is 0 Å². The topological polar surface area (TPSA) is 118 Å². The van der Waals surface area contributed by atoms with Crippen LogP contribution in [0.3, 0.4) is 0 Å². The van der Waals surface area contributed by atoms with Crippen molar-refractivity contribution in [2.24, 2.45) is 7.05 Å². The van der Waals surface area contributed by atoms with E-state index in [2.05, 4.69) is 14.6 Å². The number of aromatic nitrogens is 3. The lowest BCUT2D eigenvalue weighted by Crippen LogP contribution is -2.32. The summed E-state index contributed by atoms with van der Waals surface area (Å²) in [5.41, 5.74) is 1.18. The Labute approximate surface area is 102 Å². The number of carbonyl (C=O) groups excluding carboxylic acids is 1. The first-order valence-corrected chi connectivity index (χ1v) is 6.37. The highest BCUT2D eigenvalue weighted by Crippen LogP contribution is 2.36. The zero-order valence-electron chi connectivity index (χ0n) is 9.22. The van der Waals surface area contributed by atoms with Crippen LogP contribution in [-0.4, -0.2) is 50.5 Å². The maximum absolute atomic E-state index is 11.8. The molecule has 0 radical (unpaired) electrons. The van der Waals surface area contributed by atoms with Crippen molar-refractivity contribution in [1.82, 2.24) is 25.0 Å². The smallest absolute Gasteiger partial charge is 0.314 e. The van der Waals surface area contributed by atoms with Crippen molar-refractivity contribution >= 4 is 16.4 Å². The number of rotatable bonds is 2. The fourth-order valence-electron chi connectivity index (χ4n) is 2.16. The Morgan fingerprint density at radius 2 is 2.22 bits per heavy atom. The number of aryl methyl sites for hydroxylation is 1. The van der Waals surface area contributed by atoms with Crippen LogP contribution in [-0.2, 0) is 28.3 Å². The molecule has 1 atom stereocenters. The molecule has 11 heteroatoms. The third-order valence-corrected chi connectivity index (χ3v) is 3.29. The molecular weight excluding hydrogens is 266 g/mol. The number of hydroxylamine groups is 2. The molecule has 3 rings (SSSR count). The highest BCUT2D eigenvalue weighted by Gasteiger charge is 2.48. The predicted octanol–water partition coefficient (Wildman–Crippen LogP) is -1.16. The first kappa shape index (κ1) is 11.4. The van der Waals surface area contributed by atoms with E-state index >= 15 is 0 Å². The third-order valence-electron chi connectivity index (χ3n) is 2.94. The molecule has 0 saturated carbocycles. The summed E-state index contributed by atoms with van der Waals surface area (Å²) in [6.07, 6.45) is 0. The molecule has 1 unspecified atom stereocenters. The summed E-state index contributed by atoms with van der Waals surface area (Å²) >= 11 is 0. The van der Waals surface area contributed by atoms with Gasteiger partial charge in [0.05, 0.1) is 18.8 Å². The summed E-state index contributed by atoms with van der Waals surface area (Å²) in [6.45, 7) is 0.527. The molecule has 0 aliphatic carbocycles. The number of fused-ring (bicyclic) bond motifs is 4. The molecule has 3 heterocycles. The van der Waals surface area contributed by atoms with E-state index in [9.17, 15) is 13.2 Å². The molecule has 1 aromatic heterocycles. The molecule has 98 valence electrons. The molecule has 1 aromatic rings. The van der Waals surface area contributed by atoms with Crippen molar-refractivity contribution in [2.45, 2.75) is 12.6 Å². The summed E-state index contributed by atoms with van der Waals surface area (Å²) in [5.74, 6) is 0. The molecule has 10 nitrogen and oxygen atoms in total. The van der Waals surface area contributed by atoms with Gasteiger partial charge in [-0.05, 0) is 0 Å². The normalized spacial score (nSPS) is 22.6. The number of nitrogens with zero attached hydrogens (tertiary/aromatic N) is 5. The van der Waals surface area contributed by atoms with E-state index in [1.807, 2.05) is 0 Å². The van der Waals surface area contributed by atoms with Crippen LogP contribution in [0, 0.1) is 0 Å². The minimum Gasteiger partial charge on any atom is -0.314 e. The van der Waals surface area contributed by atoms with Crippen molar-refractivity contribution in [3.05, 3.63) is 11.4 Å². The van der Waals surface area contributed by atoms with Crippen molar-refractivity contribution in [1.29, 1.82) is 0 Å². The van der Waals surface area contributed by atoms with E-state index in [0.29, 0.717) is 16.5 Å². The molecule has 0 spiro atoms. The van der Waals surface area contributed by atoms with Gasteiger partial charge in [-0.3, -0.25) is 9.23 Å². The quantitative estimate of drug-likeness (QED) is 0.676. The molecule has 2 aliphatic heterocycles. The summed E-state index contributed by atoms with van der Waals surface area (Å²) in [4.78, 5) is 13.2. The summed E-state index contributed by atoms with van der Waals surface area (Å²) < 4.78 is 35.9. The lowest BCUT2D eigenvalue weighted by Gasteiger charge is -2.20. The SMILES string of the molecule is Cn1nnc2c1CN1CC2N(OS(=O)(=O)O)C1=O. The van der Waals surface area contributed by atoms with E-state index in [1.54, 1.807) is 7.05 Å². The Kier molecular flexibility index (Phi) is 2.15. The van der Waals surface area contributed by atoms with Gasteiger partial charge < -0.3 is 4.90 Å². The average Bonchev–Trinajstić information content (AvgIpc) is 2.74. The van der Waals surface area contributed by atoms with Crippen LogP contribution in [0.2, 0.25) is 0 Å². The van der Waals surface area contributed by atoms with Crippen molar-refractivity contribution in [2.75, 3.05) is 6.54 Å². The van der Waals surface area contributed by atoms with Gasteiger partial charge >= 0.3 is 16.4 Å². The Morgan fingerprint density at radius 1 is 1.50 bits per heavy atom. The van der Waals surface area contributed by atoms with Gasteiger partial charge in [-0.25, -0.2) is 4.79 Å². The second-order valence-corrected chi connectivity index (χ2v) is 5.06. The summed E-state index contributed by atoms with van der Waals surface area (Å²) in [5, 5.41) is 8.30. The molecule has 2 bridgehead atoms. The van der Waals surface area contributed by atoms with E-state index in [0.717, 1.165) is 0 Å². The van der Waals surface area contributed by atoms with Crippen molar-refractivity contribution in [3.63, 3.8) is 0 Å². The fourth-order valence-corrected chi connectivity index (χ4v) is 2.54. The number of carbonyl (C=O) groups is 1. The highest BCUT2D eigenvalue weighted by molar-refractivity contribution is 7.80. The van der Waals surface area contributed by atoms with Gasteiger partial charge in [-0.1, -0.05) is 5.21 Å². The van der Waals surface area contributed by atoms with Crippen LogP contribution in [0.15, 0.2) is 0 Å². The maximum atomic E-state index is 11.8. The summed E-state index contributed by atoms with van der Waals surface area (Å²) in [6, 6.07) is -1.31. The Morgan fingerprint density at radius 3 is 2.89 bits per heavy atom. The number of urea groups is 1. The zero-order valence-corrected chi connectivity index (χ0v) is 10.0. The number of hydrogen-bond donors (Lipinski definition) is 1. The van der Waals surface area contributed by atoms with E-state index in [1.165, 1.54) is 9.58 Å². The molecular formula is C7H9N5O5S. The molecule has 2 aliphatic rings. The maximum Gasteiger partial charge on any atom is 0.418 e. The molecule has 1 fully saturated rings. The van der Waals surface area contributed by atoms with E-state index in [-0.39, 0.29) is 13.1 Å². The van der Waals surface area contributed by atoms with Gasteiger partial charge in [0.1, 0.15) is 11.7 Å². The second-order valence-electron chi connectivity index (χ2n) is 4.05. The molecule has 0 aromatic carbocycles. The van der Waals surface area contributed by atoms with Gasteiger partial charge in [0.15, 0.2) is 0 Å². The fraction of sp³-hybridized carbons (Fsp3) is 0.571. The minimum atomic E-state index is -4.75. The van der Waals surface area contributed by atoms with Crippen LogP contribution in [0.1, 0.15) is 17.4 Å². The van der Waals surface area contributed by atoms with Crippen molar-refractivity contribution < 1.29 is 22.0 Å². The van der Waals surface area contributed by atoms with Crippen molar-refractivity contribution in [3.8, 4) is 0 Å². The molecule has 18 heavy (non-hydrogen) atoms. The van der Waals surface area contributed by atoms with Gasteiger partial charge in [0.2, 0.25) is 0 Å². The first-order chi connectivity index (χ1) is 8.37. The van der Waals surface area contributed by atoms with Crippen LogP contribution in [0.5, 0.6) is 0 Å². The van der Waals surface area contributed by atoms with E-state index < -0.39 is 22.5 Å². The van der Waals surface area contributed by atoms with Crippen LogP contribution in [0.4, 0.5) is 4.79 Å². The first-order valence-electron chi connectivity index (χ1n) is 5.00. The minimum absolute atomic E-state index is 0.250. The standard InChI is InChI=1S/C7H9N5O5S/c1-10-4-2-11-3-5(6(4)8-9-10)12(7(11)13)17-18(14,15)16/h5H,2-3H2,1H3,(H,14,15,16). The Bertz CT molecular complexity index is 624. The van der Waals surface area contributed by atoms with Gasteiger partial charge in [-0.2, -0.15) is 13.5 Å². The lowest BCUT2D eigenvalue weighted by atomic mass is 10.1. The third kappa shape index (κ3) is 1.55. The van der Waals surface area contributed by atoms with Gasteiger partial charge in [0, 0.05) is 7.05 Å². The largest absolute Gasteiger partial charge is 0.418 e. The van der Waals surface area contributed by atoms with Crippen LogP contribution in [0.25, 0.3) is 0 Å². The number of hydrogen-bond acceptors (Lipinski definition) is 6. The lowest BCUT2D eigenvalue weighted by molar-refractivity contribution is -0.0327. The highest BCUT2D eigenvalue weighted by atomic mass is 32.3. The number of amides is 2. The molecule has 1 saturated heterocycles. The van der Waals surface area contributed by atoms with Crippen LogP contribution < -0.4 is 0 Å². The zero-order chi connectivity index (χ0) is 13.1. The summed E-state index contributed by atoms with van der Waals surface area (Å²) in [7, 11) is -3.07. The van der Waals surface area contributed by atoms with E-state index in [4.69, 9.17) is 4.55 Å². The molecule has 1 N–H and O–H groups in total. The Balaban J connectivity index is 2.02. The monoisotopic (exact) mass is 275 g/mol. The Hall–Kier alpha value is -1.72. The van der Waals surface area contributed by atoms with Gasteiger partial charge in [-0.15, -0.1) is 9.38 Å².